The van der Waals surface area contributed by atoms with Crippen LogP contribution in [0.25, 0.3) is 0 Å². The van der Waals surface area contributed by atoms with E-state index in [1.807, 2.05) is 18.2 Å². The van der Waals surface area contributed by atoms with Crippen molar-refractivity contribution in [1.29, 1.82) is 0 Å². The molecule has 0 amide bonds. The maximum Gasteiger partial charge on any atom is 0.476 e. The van der Waals surface area contributed by atoms with Crippen LogP contribution >= 0.6 is 0 Å². The molecule has 0 radical (unpaired) electrons. The summed E-state index contributed by atoms with van der Waals surface area (Å²) >= 11 is 0. The summed E-state index contributed by atoms with van der Waals surface area (Å²) in [6.45, 7) is 0.662. The number of ether oxygens (including phenoxy) is 1. The van der Waals surface area contributed by atoms with Crippen molar-refractivity contribution in [3.05, 3.63) is 30.3 Å². The lowest BCUT2D eigenvalue weighted by molar-refractivity contribution is 0.496. The molecule has 0 spiro atoms. The highest BCUT2D eigenvalue weighted by atomic mass is 16.5. The van der Waals surface area contributed by atoms with Gasteiger partial charge in [0.15, 0.2) is 0 Å². The van der Waals surface area contributed by atoms with E-state index in [2.05, 4.69) is 4.74 Å². The summed E-state index contributed by atoms with van der Waals surface area (Å²) in [5.74, 6) is 0.639. The summed E-state index contributed by atoms with van der Waals surface area (Å²) in [6, 6.07) is 9.06. The van der Waals surface area contributed by atoms with Gasteiger partial charge < -0.3 is 4.79 Å². The Morgan fingerprint density at radius 3 is 2.44 bits per heavy atom. The smallest absolute Gasteiger partial charge is 0.341 e. The Morgan fingerprint density at radius 2 is 1.89 bits per heavy atom. The molecular weight excluding hydrogens is 116 g/mol. The molecule has 0 heterocycles. The Kier molecular flexibility index (Phi) is 1.85. The number of rotatable bonds is 2. The van der Waals surface area contributed by atoms with E-state index in [0.29, 0.717) is 12.2 Å². The van der Waals surface area contributed by atoms with Gasteiger partial charge in [0, 0.05) is 12.1 Å². The van der Waals surface area contributed by atoms with Gasteiger partial charge in [0.2, 0.25) is 5.75 Å². The van der Waals surface area contributed by atoms with Crippen LogP contribution in [0.3, 0.4) is 0 Å². The van der Waals surface area contributed by atoms with Gasteiger partial charge in [0.05, 0.1) is 0 Å². The van der Waals surface area contributed by atoms with Crippen LogP contribution in [0.4, 0.5) is 0 Å². The summed E-state index contributed by atoms with van der Waals surface area (Å²) in [5, 5.41) is 0. The molecule has 9 heavy (non-hydrogen) atoms. The molecule has 1 aromatic rings. The minimum atomic E-state index is 0.639. The van der Waals surface area contributed by atoms with Crippen molar-refractivity contribution in [3.63, 3.8) is 0 Å². The van der Waals surface area contributed by atoms with Crippen LogP contribution in [0.15, 0.2) is 30.3 Å². The summed E-state index contributed by atoms with van der Waals surface area (Å²) in [7, 11) is 0. The van der Waals surface area contributed by atoms with E-state index in [-0.39, 0.29) is 0 Å². The van der Waals surface area contributed by atoms with E-state index in [9.17, 15) is 0 Å². The van der Waals surface area contributed by atoms with Crippen LogP contribution < -0.4 is 4.74 Å². The van der Waals surface area contributed by atoms with Gasteiger partial charge in [0.1, 0.15) is 0 Å². The summed E-state index contributed by atoms with van der Waals surface area (Å²) in [6.07, 6.45) is 0. The SMILES string of the molecule is [OH+]=COc1ccccc1. The Morgan fingerprint density at radius 1 is 1.22 bits per heavy atom. The first kappa shape index (κ1) is 5.82. The van der Waals surface area contributed by atoms with Crippen LogP contribution in [-0.4, -0.2) is 11.3 Å². The number of para-hydroxylation sites is 1. The van der Waals surface area contributed by atoms with Crippen molar-refractivity contribution in [1.82, 2.24) is 0 Å². The Labute approximate surface area is 53.1 Å². The molecule has 0 saturated heterocycles. The number of carbonyl (C=O) groups excluding carboxylic acids is 1. The Hall–Kier alpha value is -1.31. The van der Waals surface area contributed by atoms with Crippen LogP contribution in [0.2, 0.25) is 0 Å². The average Bonchev–Trinajstić information content (AvgIpc) is 1.91. The molecule has 0 aliphatic rings. The number of benzene rings is 1. The molecule has 0 atom stereocenters. The second-order valence-corrected chi connectivity index (χ2v) is 1.54. The van der Waals surface area contributed by atoms with E-state index in [4.69, 9.17) is 4.79 Å². The minimum Gasteiger partial charge on any atom is -0.341 e. The van der Waals surface area contributed by atoms with Crippen LogP contribution in [-0.2, 0) is 0 Å². The molecular formula is C7H7O2+. The lowest BCUT2D eigenvalue weighted by atomic mass is 10.3. The van der Waals surface area contributed by atoms with Gasteiger partial charge in [-0.1, -0.05) is 18.2 Å². The molecule has 1 aromatic carbocycles. The quantitative estimate of drug-likeness (QED) is 0.429. The third-order valence-corrected chi connectivity index (χ3v) is 0.932. The maximum atomic E-state index is 8.17. The third kappa shape index (κ3) is 1.57. The van der Waals surface area contributed by atoms with E-state index < -0.39 is 0 Å². The first-order valence-electron chi connectivity index (χ1n) is 2.61. The highest BCUT2D eigenvalue weighted by Crippen LogP contribution is 2.05. The highest BCUT2D eigenvalue weighted by molar-refractivity contribution is 5.45. The molecule has 0 fully saturated rings. The van der Waals surface area contributed by atoms with Gasteiger partial charge in [-0.2, -0.15) is 0 Å². The lowest BCUT2D eigenvalue weighted by Gasteiger charge is -1.83. The molecule has 0 aliphatic heterocycles. The predicted molar refractivity (Wildman–Crippen MR) is 35.1 cm³/mol. The van der Waals surface area contributed by atoms with Crippen molar-refractivity contribution >= 4 is 6.47 Å². The van der Waals surface area contributed by atoms with Crippen LogP contribution in [0, 0.1) is 0 Å². The van der Waals surface area contributed by atoms with E-state index >= 15 is 0 Å². The first-order chi connectivity index (χ1) is 4.43. The van der Waals surface area contributed by atoms with Gasteiger partial charge >= 0.3 is 6.47 Å². The van der Waals surface area contributed by atoms with Crippen molar-refractivity contribution < 1.29 is 9.53 Å². The van der Waals surface area contributed by atoms with Crippen molar-refractivity contribution in [2.45, 2.75) is 0 Å². The zero-order valence-corrected chi connectivity index (χ0v) is 4.82. The largest absolute Gasteiger partial charge is 0.476 e. The average molecular weight is 123 g/mol. The molecule has 2 heteroatoms. The maximum absolute atomic E-state index is 8.17. The van der Waals surface area contributed by atoms with Crippen LogP contribution in [0.1, 0.15) is 0 Å². The molecule has 46 valence electrons. The minimum absolute atomic E-state index is 0.639. The van der Waals surface area contributed by atoms with Gasteiger partial charge in [-0.25, -0.2) is 0 Å². The highest BCUT2D eigenvalue weighted by Gasteiger charge is 1.93. The van der Waals surface area contributed by atoms with Gasteiger partial charge in [-0.05, 0) is 0 Å². The molecule has 1 N–H and O–H groups in total. The molecule has 0 aliphatic carbocycles. The van der Waals surface area contributed by atoms with Crippen molar-refractivity contribution in [3.8, 4) is 5.75 Å². The zero-order valence-electron chi connectivity index (χ0n) is 4.82. The molecule has 0 bridgehead atoms. The second kappa shape index (κ2) is 2.87. The van der Waals surface area contributed by atoms with Crippen molar-refractivity contribution in [2.24, 2.45) is 0 Å². The lowest BCUT2D eigenvalue weighted by Crippen LogP contribution is -1.86. The number of hydrogen-bond acceptors (Lipinski definition) is 1. The standard InChI is InChI=1S/C7H6O2/c8-6-9-7-4-2-1-3-5-7/h1-6H/p+1. The fourth-order valence-corrected chi connectivity index (χ4v) is 0.560. The van der Waals surface area contributed by atoms with E-state index in [0.717, 1.165) is 0 Å². The molecule has 1 rings (SSSR count). The van der Waals surface area contributed by atoms with Crippen molar-refractivity contribution in [2.75, 3.05) is 0 Å². The van der Waals surface area contributed by atoms with Gasteiger partial charge in [-0.3, -0.25) is 4.74 Å². The Bertz CT molecular complexity index is 181. The first-order valence-corrected chi connectivity index (χ1v) is 2.61. The van der Waals surface area contributed by atoms with E-state index in [1.165, 1.54) is 0 Å². The molecule has 0 saturated carbocycles. The normalized spacial score (nSPS) is 8.44. The zero-order chi connectivity index (χ0) is 6.53. The van der Waals surface area contributed by atoms with Gasteiger partial charge in [-0.15, -0.1) is 0 Å². The molecule has 0 aromatic heterocycles. The fourth-order valence-electron chi connectivity index (χ4n) is 0.560. The number of hydrogen-bond donors (Lipinski definition) is 0. The topological polar surface area (TPSA) is 30.6 Å². The summed E-state index contributed by atoms with van der Waals surface area (Å²) < 4.78 is 4.64. The molecule has 0 unspecified atom stereocenters. The summed E-state index contributed by atoms with van der Waals surface area (Å²) in [4.78, 5) is 8.17. The Balaban J connectivity index is 2.72. The summed E-state index contributed by atoms with van der Waals surface area (Å²) in [5.41, 5.74) is 0. The molecule has 2 nitrogen and oxygen atoms in total. The second-order valence-electron chi connectivity index (χ2n) is 1.54. The van der Waals surface area contributed by atoms with E-state index in [1.54, 1.807) is 12.1 Å². The predicted octanol–water partition coefficient (Wildman–Crippen LogP) is 1.20. The fraction of sp³-hybridized carbons (Fsp3) is 0. The van der Waals surface area contributed by atoms with Gasteiger partial charge in [0.25, 0.3) is 0 Å². The monoisotopic (exact) mass is 123 g/mol. The van der Waals surface area contributed by atoms with Crippen LogP contribution in [0.5, 0.6) is 5.75 Å². The third-order valence-electron chi connectivity index (χ3n) is 0.932.